The van der Waals surface area contributed by atoms with Gasteiger partial charge in [0.05, 0.1) is 12.0 Å². The van der Waals surface area contributed by atoms with Crippen molar-refractivity contribution in [3.8, 4) is 0 Å². The summed E-state index contributed by atoms with van der Waals surface area (Å²) in [5.74, 6) is -3.77. The zero-order valence-electron chi connectivity index (χ0n) is 10.9. The largest absolute Gasteiger partial charge is 0.335 e. The highest BCUT2D eigenvalue weighted by Crippen LogP contribution is 2.17. The molecule has 0 unspecified atom stereocenters. The maximum absolute atomic E-state index is 13.5. The molecule has 0 fully saturated rings. The summed E-state index contributed by atoms with van der Waals surface area (Å²) < 4.78 is 41.6. The Labute approximate surface area is 114 Å². The van der Waals surface area contributed by atoms with Crippen LogP contribution in [-0.2, 0) is 13.0 Å². The first-order valence-corrected chi connectivity index (χ1v) is 6.20. The monoisotopic (exact) mass is 282 g/mol. The number of carbonyl (C=O) groups is 1. The molecule has 0 saturated heterocycles. The zero-order chi connectivity index (χ0) is 14.7. The van der Waals surface area contributed by atoms with E-state index in [0.29, 0.717) is 24.5 Å². The van der Waals surface area contributed by atoms with E-state index in [-0.39, 0.29) is 6.42 Å². The number of benzene rings is 1. The van der Waals surface area contributed by atoms with Gasteiger partial charge in [-0.25, -0.2) is 18.2 Å². The lowest BCUT2D eigenvalue weighted by atomic mass is 10.1. The number of Topliss-reactive ketones (excluding diaryl/α,β-unsaturated/α-hetero) is 1. The number of rotatable bonds is 5. The second-order valence-electron chi connectivity index (χ2n) is 4.38. The molecule has 20 heavy (non-hydrogen) atoms. The molecule has 1 heterocycles. The Bertz CT molecular complexity index is 614. The van der Waals surface area contributed by atoms with Gasteiger partial charge in [-0.15, -0.1) is 0 Å². The van der Waals surface area contributed by atoms with Crippen molar-refractivity contribution in [2.24, 2.45) is 0 Å². The number of imidazole rings is 1. The molecular formula is C14H13F3N2O. The van der Waals surface area contributed by atoms with Crippen LogP contribution in [0.2, 0.25) is 0 Å². The Morgan fingerprint density at radius 2 is 1.90 bits per heavy atom. The third kappa shape index (κ3) is 2.89. The van der Waals surface area contributed by atoms with Gasteiger partial charge < -0.3 is 4.57 Å². The number of nitrogens with zero attached hydrogens (tertiary/aromatic N) is 2. The van der Waals surface area contributed by atoms with Crippen LogP contribution < -0.4 is 0 Å². The Hall–Kier alpha value is -2.11. The Balaban J connectivity index is 2.26. The van der Waals surface area contributed by atoms with Gasteiger partial charge in [0.25, 0.3) is 0 Å². The summed E-state index contributed by atoms with van der Waals surface area (Å²) in [6.45, 7) is 2.63. The average molecular weight is 282 g/mol. The second-order valence-corrected chi connectivity index (χ2v) is 4.38. The molecule has 2 aromatic rings. The van der Waals surface area contributed by atoms with Crippen molar-refractivity contribution in [2.45, 2.75) is 26.3 Å². The molecule has 1 aromatic carbocycles. The molecule has 0 aliphatic carbocycles. The fourth-order valence-electron chi connectivity index (χ4n) is 1.99. The van der Waals surface area contributed by atoms with E-state index in [2.05, 4.69) is 4.98 Å². The summed E-state index contributed by atoms with van der Waals surface area (Å²) in [7, 11) is 0. The van der Waals surface area contributed by atoms with Gasteiger partial charge in [-0.05, 0) is 6.42 Å². The number of aromatic nitrogens is 2. The first kappa shape index (κ1) is 14.3. The maximum Gasteiger partial charge on any atom is 0.176 e. The van der Waals surface area contributed by atoms with Crippen LogP contribution >= 0.6 is 0 Å². The molecule has 6 heteroatoms. The molecule has 1 aromatic heterocycles. The van der Waals surface area contributed by atoms with E-state index in [9.17, 15) is 18.0 Å². The van der Waals surface area contributed by atoms with Gasteiger partial charge in [-0.1, -0.05) is 6.92 Å². The molecule has 0 aliphatic heterocycles. The summed E-state index contributed by atoms with van der Waals surface area (Å²) in [5.41, 5.74) is -0.725. The highest BCUT2D eigenvalue weighted by Gasteiger charge is 2.20. The molecule has 0 N–H and O–H groups in total. The smallest absolute Gasteiger partial charge is 0.176 e. The van der Waals surface area contributed by atoms with Crippen LogP contribution in [0, 0.1) is 17.5 Å². The SMILES string of the molecule is CCCn1ccnc1CC(=O)c1c(F)cc(F)cc1F. The minimum atomic E-state index is -1.19. The van der Waals surface area contributed by atoms with Crippen molar-refractivity contribution < 1.29 is 18.0 Å². The summed E-state index contributed by atoms with van der Waals surface area (Å²) in [4.78, 5) is 16.0. The minimum absolute atomic E-state index is 0.230. The van der Waals surface area contributed by atoms with Crippen LogP contribution in [0.1, 0.15) is 29.5 Å². The van der Waals surface area contributed by atoms with Crippen LogP contribution in [0.15, 0.2) is 24.5 Å². The van der Waals surface area contributed by atoms with Gasteiger partial charge in [0.1, 0.15) is 23.3 Å². The van der Waals surface area contributed by atoms with Gasteiger partial charge >= 0.3 is 0 Å². The maximum atomic E-state index is 13.5. The van der Waals surface area contributed by atoms with E-state index in [1.54, 1.807) is 10.8 Å². The van der Waals surface area contributed by atoms with Crippen molar-refractivity contribution >= 4 is 5.78 Å². The lowest BCUT2D eigenvalue weighted by molar-refractivity contribution is 0.0981. The normalized spacial score (nSPS) is 10.8. The van der Waals surface area contributed by atoms with E-state index in [1.165, 1.54) is 6.20 Å². The van der Waals surface area contributed by atoms with Crippen molar-refractivity contribution in [1.29, 1.82) is 0 Å². The van der Waals surface area contributed by atoms with Gasteiger partial charge in [-0.3, -0.25) is 4.79 Å². The van der Waals surface area contributed by atoms with E-state index < -0.39 is 28.8 Å². The van der Waals surface area contributed by atoms with Gasteiger partial charge in [0.2, 0.25) is 0 Å². The summed E-state index contributed by atoms with van der Waals surface area (Å²) in [5, 5.41) is 0. The van der Waals surface area contributed by atoms with Gasteiger partial charge in [0.15, 0.2) is 5.78 Å². The number of carbonyl (C=O) groups excluding carboxylic acids is 1. The number of hydrogen-bond acceptors (Lipinski definition) is 2. The van der Waals surface area contributed by atoms with Crippen molar-refractivity contribution in [3.05, 3.63) is 53.4 Å². The van der Waals surface area contributed by atoms with Crippen LogP contribution in [0.4, 0.5) is 13.2 Å². The first-order valence-electron chi connectivity index (χ1n) is 6.20. The molecule has 106 valence electrons. The molecule has 0 aliphatic rings. The lowest BCUT2D eigenvalue weighted by Gasteiger charge is -2.07. The quantitative estimate of drug-likeness (QED) is 0.790. The van der Waals surface area contributed by atoms with Crippen LogP contribution in [0.3, 0.4) is 0 Å². The fraction of sp³-hybridized carbons (Fsp3) is 0.286. The Kier molecular flexibility index (Phi) is 4.22. The van der Waals surface area contributed by atoms with Crippen LogP contribution in [0.5, 0.6) is 0 Å². The number of halogens is 3. The molecule has 0 spiro atoms. The number of aryl methyl sites for hydroxylation is 1. The summed E-state index contributed by atoms with van der Waals surface area (Å²) in [6.07, 6.45) is 3.84. The van der Waals surface area contributed by atoms with E-state index >= 15 is 0 Å². The Morgan fingerprint density at radius 1 is 1.25 bits per heavy atom. The lowest BCUT2D eigenvalue weighted by Crippen LogP contribution is -2.13. The topological polar surface area (TPSA) is 34.9 Å². The van der Waals surface area contributed by atoms with Crippen molar-refractivity contribution in [3.63, 3.8) is 0 Å². The van der Waals surface area contributed by atoms with E-state index in [1.807, 2.05) is 6.92 Å². The van der Waals surface area contributed by atoms with E-state index in [4.69, 9.17) is 0 Å². The fourth-order valence-corrected chi connectivity index (χ4v) is 1.99. The molecule has 0 radical (unpaired) electrons. The molecule has 0 saturated carbocycles. The molecule has 0 bridgehead atoms. The van der Waals surface area contributed by atoms with E-state index in [0.717, 1.165) is 6.42 Å². The number of hydrogen-bond donors (Lipinski definition) is 0. The average Bonchev–Trinajstić information content (AvgIpc) is 2.75. The van der Waals surface area contributed by atoms with Gasteiger partial charge in [-0.2, -0.15) is 0 Å². The summed E-state index contributed by atoms with van der Waals surface area (Å²) >= 11 is 0. The molecule has 0 amide bonds. The molecular weight excluding hydrogens is 269 g/mol. The Morgan fingerprint density at radius 3 is 2.50 bits per heavy atom. The predicted octanol–water partition coefficient (Wildman–Crippen LogP) is 3.14. The zero-order valence-corrected chi connectivity index (χ0v) is 10.9. The molecule has 2 rings (SSSR count). The predicted molar refractivity (Wildman–Crippen MR) is 66.9 cm³/mol. The van der Waals surface area contributed by atoms with Crippen LogP contribution in [-0.4, -0.2) is 15.3 Å². The summed E-state index contributed by atoms with van der Waals surface area (Å²) in [6, 6.07) is 0.990. The highest BCUT2D eigenvalue weighted by molar-refractivity contribution is 5.97. The third-order valence-electron chi connectivity index (χ3n) is 2.87. The first-order chi connectivity index (χ1) is 9.52. The minimum Gasteiger partial charge on any atom is -0.335 e. The van der Waals surface area contributed by atoms with Crippen LogP contribution in [0.25, 0.3) is 0 Å². The molecule has 3 nitrogen and oxygen atoms in total. The number of ketones is 1. The van der Waals surface area contributed by atoms with Crippen molar-refractivity contribution in [2.75, 3.05) is 0 Å². The highest BCUT2D eigenvalue weighted by atomic mass is 19.1. The second kappa shape index (κ2) is 5.90. The van der Waals surface area contributed by atoms with Gasteiger partial charge in [0, 0.05) is 31.1 Å². The van der Waals surface area contributed by atoms with Crippen molar-refractivity contribution in [1.82, 2.24) is 9.55 Å². The third-order valence-corrected chi connectivity index (χ3v) is 2.87. The molecule has 0 atom stereocenters. The standard InChI is InChI=1S/C14H13F3N2O/c1-2-4-19-5-3-18-13(19)8-12(20)14-10(16)6-9(15)7-11(14)17/h3,5-7H,2,4,8H2,1H3.